The van der Waals surface area contributed by atoms with E-state index in [1.807, 2.05) is 29.1 Å². The van der Waals surface area contributed by atoms with Gasteiger partial charge in [0, 0.05) is 16.6 Å². The minimum absolute atomic E-state index is 0.678. The van der Waals surface area contributed by atoms with Crippen LogP contribution in [-0.2, 0) is 0 Å². The monoisotopic (exact) mass is 292 g/mol. The molecule has 17 heavy (non-hydrogen) atoms. The van der Waals surface area contributed by atoms with Crippen molar-refractivity contribution < 1.29 is 4.74 Å². The van der Waals surface area contributed by atoms with Crippen LogP contribution >= 0.6 is 15.9 Å². The molecule has 3 nitrogen and oxygen atoms in total. The summed E-state index contributed by atoms with van der Waals surface area (Å²) in [4.78, 5) is 0. The number of halogens is 1. The van der Waals surface area contributed by atoms with E-state index in [1.165, 1.54) is 18.5 Å². The molecule has 1 aromatic carbocycles. The zero-order valence-corrected chi connectivity index (χ0v) is 11.1. The summed E-state index contributed by atoms with van der Waals surface area (Å²) >= 11 is 3.44. The normalized spacial score (nSPS) is 14.9. The van der Waals surface area contributed by atoms with Crippen molar-refractivity contribution in [1.82, 2.24) is 9.78 Å². The van der Waals surface area contributed by atoms with Crippen molar-refractivity contribution in [3.05, 3.63) is 40.6 Å². The molecule has 1 aliphatic carbocycles. The third kappa shape index (κ3) is 2.09. The zero-order valence-electron chi connectivity index (χ0n) is 9.56. The second-order valence-corrected chi connectivity index (χ2v) is 5.19. The van der Waals surface area contributed by atoms with Crippen LogP contribution in [0.15, 0.2) is 34.9 Å². The van der Waals surface area contributed by atoms with Crippen molar-refractivity contribution in [3.63, 3.8) is 0 Å². The van der Waals surface area contributed by atoms with E-state index in [9.17, 15) is 0 Å². The van der Waals surface area contributed by atoms with Crippen LogP contribution in [0.25, 0.3) is 5.69 Å². The molecule has 88 valence electrons. The minimum atomic E-state index is 0.678. The number of methoxy groups -OCH3 is 1. The molecule has 0 amide bonds. The van der Waals surface area contributed by atoms with Crippen molar-refractivity contribution in [2.45, 2.75) is 18.8 Å². The Bertz CT molecular complexity index is 546. The molecule has 2 aromatic rings. The summed E-state index contributed by atoms with van der Waals surface area (Å²) in [6.07, 6.45) is 4.54. The molecule has 1 aromatic heterocycles. The van der Waals surface area contributed by atoms with E-state index in [2.05, 4.69) is 27.1 Å². The van der Waals surface area contributed by atoms with Crippen molar-refractivity contribution in [2.75, 3.05) is 7.11 Å². The molecule has 4 heteroatoms. The van der Waals surface area contributed by atoms with E-state index in [0.717, 1.165) is 15.9 Å². The molecule has 0 spiro atoms. The molecule has 1 fully saturated rings. The Kier molecular flexibility index (Phi) is 2.67. The third-order valence-corrected chi connectivity index (χ3v) is 3.49. The van der Waals surface area contributed by atoms with Crippen molar-refractivity contribution in [3.8, 4) is 11.4 Å². The molecule has 0 saturated heterocycles. The molecule has 3 rings (SSSR count). The van der Waals surface area contributed by atoms with Crippen LogP contribution in [0.4, 0.5) is 0 Å². The highest BCUT2D eigenvalue weighted by Crippen LogP contribution is 2.39. The quantitative estimate of drug-likeness (QED) is 0.865. The number of hydrogen-bond acceptors (Lipinski definition) is 2. The van der Waals surface area contributed by atoms with Crippen LogP contribution in [0.1, 0.15) is 24.5 Å². The molecule has 0 N–H and O–H groups in total. The van der Waals surface area contributed by atoms with Gasteiger partial charge >= 0.3 is 0 Å². The summed E-state index contributed by atoms with van der Waals surface area (Å²) in [7, 11) is 1.68. The van der Waals surface area contributed by atoms with E-state index in [0.29, 0.717) is 5.92 Å². The largest absolute Gasteiger partial charge is 0.494 e. The Labute approximate surface area is 109 Å². The number of nitrogens with zero attached hydrogens (tertiary/aromatic N) is 2. The van der Waals surface area contributed by atoms with Gasteiger partial charge in [-0.05, 0) is 37.1 Å². The molecule has 1 saturated carbocycles. The highest BCUT2D eigenvalue weighted by atomic mass is 79.9. The minimum Gasteiger partial charge on any atom is -0.494 e. The highest BCUT2D eigenvalue weighted by Gasteiger charge is 2.26. The van der Waals surface area contributed by atoms with Crippen LogP contribution in [0.2, 0.25) is 0 Å². The fourth-order valence-corrected chi connectivity index (χ4v) is 2.25. The fraction of sp³-hybridized carbons (Fsp3) is 0.308. The number of aromatic nitrogens is 2. The summed E-state index contributed by atoms with van der Waals surface area (Å²) in [5.74, 6) is 1.50. The first kappa shape index (κ1) is 10.8. The standard InChI is InChI=1S/C13H13BrN2O/c1-17-13-8-10(14)4-5-12(13)16-7-6-11(15-16)9-2-3-9/h4-9H,2-3H2,1H3. The van der Waals surface area contributed by atoms with Crippen molar-refractivity contribution in [2.24, 2.45) is 0 Å². The van der Waals surface area contributed by atoms with Gasteiger partial charge in [0.15, 0.2) is 0 Å². The van der Waals surface area contributed by atoms with Gasteiger partial charge in [0.2, 0.25) is 0 Å². The summed E-state index contributed by atoms with van der Waals surface area (Å²) in [5.41, 5.74) is 2.16. The maximum atomic E-state index is 5.38. The SMILES string of the molecule is COc1cc(Br)ccc1-n1ccc(C2CC2)n1. The molecule has 0 radical (unpaired) electrons. The predicted octanol–water partition coefficient (Wildman–Crippen LogP) is 3.52. The number of ether oxygens (including phenoxy) is 1. The first-order valence-electron chi connectivity index (χ1n) is 5.67. The maximum Gasteiger partial charge on any atom is 0.145 e. The lowest BCUT2D eigenvalue weighted by atomic mass is 10.3. The second-order valence-electron chi connectivity index (χ2n) is 4.28. The van der Waals surface area contributed by atoms with Gasteiger partial charge < -0.3 is 4.74 Å². The smallest absolute Gasteiger partial charge is 0.145 e. The van der Waals surface area contributed by atoms with Gasteiger partial charge in [-0.1, -0.05) is 15.9 Å². The lowest BCUT2D eigenvalue weighted by Crippen LogP contribution is -1.99. The fourth-order valence-electron chi connectivity index (χ4n) is 1.91. The first-order valence-corrected chi connectivity index (χ1v) is 6.46. The lowest BCUT2D eigenvalue weighted by Gasteiger charge is -2.08. The predicted molar refractivity (Wildman–Crippen MR) is 69.8 cm³/mol. The van der Waals surface area contributed by atoms with Crippen LogP contribution in [0.5, 0.6) is 5.75 Å². The van der Waals surface area contributed by atoms with Crippen LogP contribution in [-0.4, -0.2) is 16.9 Å². The third-order valence-electron chi connectivity index (χ3n) is 2.99. The van der Waals surface area contributed by atoms with Crippen molar-refractivity contribution in [1.29, 1.82) is 0 Å². The highest BCUT2D eigenvalue weighted by molar-refractivity contribution is 9.10. The molecular formula is C13H13BrN2O. The van der Waals surface area contributed by atoms with E-state index >= 15 is 0 Å². The van der Waals surface area contributed by atoms with Gasteiger partial charge in [0.05, 0.1) is 12.8 Å². The zero-order chi connectivity index (χ0) is 11.8. The number of benzene rings is 1. The van der Waals surface area contributed by atoms with Crippen LogP contribution in [0.3, 0.4) is 0 Å². The van der Waals surface area contributed by atoms with Crippen molar-refractivity contribution >= 4 is 15.9 Å². The maximum absolute atomic E-state index is 5.38. The first-order chi connectivity index (χ1) is 8.28. The molecule has 1 heterocycles. The number of rotatable bonds is 3. The van der Waals surface area contributed by atoms with E-state index in [-0.39, 0.29) is 0 Å². The summed E-state index contributed by atoms with van der Waals surface area (Å²) in [6, 6.07) is 8.05. The van der Waals surface area contributed by atoms with E-state index in [1.54, 1.807) is 7.11 Å². The lowest BCUT2D eigenvalue weighted by molar-refractivity contribution is 0.411. The van der Waals surface area contributed by atoms with Crippen LogP contribution < -0.4 is 4.74 Å². The van der Waals surface area contributed by atoms with Gasteiger partial charge in [0.25, 0.3) is 0 Å². The van der Waals surface area contributed by atoms with Gasteiger partial charge in [0.1, 0.15) is 11.4 Å². The molecule has 0 aliphatic heterocycles. The van der Waals surface area contributed by atoms with Crippen LogP contribution in [0, 0.1) is 0 Å². The Balaban J connectivity index is 2.01. The van der Waals surface area contributed by atoms with Gasteiger partial charge in [-0.15, -0.1) is 0 Å². The Morgan fingerprint density at radius 1 is 1.35 bits per heavy atom. The van der Waals surface area contributed by atoms with Gasteiger partial charge in [-0.25, -0.2) is 4.68 Å². The Morgan fingerprint density at radius 2 is 2.18 bits per heavy atom. The number of hydrogen-bond donors (Lipinski definition) is 0. The van der Waals surface area contributed by atoms with E-state index in [4.69, 9.17) is 4.74 Å². The second kappa shape index (κ2) is 4.18. The van der Waals surface area contributed by atoms with E-state index < -0.39 is 0 Å². The molecule has 0 unspecified atom stereocenters. The summed E-state index contributed by atoms with van der Waals surface area (Å²) < 4.78 is 8.27. The molecule has 0 atom stereocenters. The molecule has 0 bridgehead atoms. The average Bonchev–Trinajstić information content (AvgIpc) is 3.08. The Hall–Kier alpha value is -1.29. The summed E-state index contributed by atoms with van der Waals surface area (Å²) in [6.45, 7) is 0. The average molecular weight is 293 g/mol. The van der Waals surface area contributed by atoms with Gasteiger partial charge in [-0.2, -0.15) is 5.10 Å². The Morgan fingerprint density at radius 3 is 2.88 bits per heavy atom. The topological polar surface area (TPSA) is 27.1 Å². The molecular weight excluding hydrogens is 280 g/mol. The molecule has 1 aliphatic rings. The van der Waals surface area contributed by atoms with Gasteiger partial charge in [-0.3, -0.25) is 0 Å². The summed E-state index contributed by atoms with van der Waals surface area (Å²) in [5, 5.41) is 4.60.